The number of rotatable bonds is 6. The number of nitrogens with zero attached hydrogens (tertiary/aromatic N) is 2. The van der Waals surface area contributed by atoms with Crippen molar-refractivity contribution in [2.24, 2.45) is 5.73 Å². The Morgan fingerprint density at radius 1 is 1.38 bits per heavy atom. The lowest BCUT2D eigenvalue weighted by molar-refractivity contribution is -0.177. The Balaban J connectivity index is 2.29. The zero-order valence-electron chi connectivity index (χ0n) is 8.55. The van der Waals surface area contributed by atoms with Crippen molar-refractivity contribution in [3.63, 3.8) is 0 Å². The highest BCUT2D eigenvalue weighted by Crippen LogP contribution is 2.14. The average molecular weight is 238 g/mol. The van der Waals surface area contributed by atoms with E-state index in [1.807, 2.05) is 0 Å². The maximum absolute atomic E-state index is 11.7. The third-order valence-electron chi connectivity index (χ3n) is 1.69. The van der Waals surface area contributed by atoms with Gasteiger partial charge >= 0.3 is 6.18 Å². The molecule has 0 unspecified atom stereocenters. The number of hydrogen-bond donors (Lipinski definition) is 2. The van der Waals surface area contributed by atoms with Crippen LogP contribution in [0.1, 0.15) is 18.1 Å². The second-order valence-corrected chi connectivity index (χ2v) is 3.20. The Labute approximate surface area is 90.2 Å². The highest BCUT2D eigenvalue weighted by molar-refractivity contribution is 4.89. The molecule has 8 heteroatoms. The van der Waals surface area contributed by atoms with Gasteiger partial charge in [-0.05, 0) is 13.0 Å². The number of nitrogens with two attached hydrogens (primary N) is 1. The van der Waals surface area contributed by atoms with E-state index in [2.05, 4.69) is 19.9 Å². The molecular weight excluding hydrogens is 225 g/mol. The summed E-state index contributed by atoms with van der Waals surface area (Å²) in [7, 11) is 0. The molecule has 0 aliphatic rings. The molecule has 0 spiro atoms. The first-order chi connectivity index (χ1) is 7.51. The topological polar surface area (TPSA) is 76.8 Å². The van der Waals surface area contributed by atoms with Crippen LogP contribution >= 0.6 is 0 Å². The fraction of sp³-hybridized carbons (Fsp3) is 0.750. The van der Waals surface area contributed by atoms with E-state index in [1.165, 1.54) is 0 Å². The highest BCUT2D eigenvalue weighted by atomic mass is 19.4. The van der Waals surface area contributed by atoms with E-state index in [0.29, 0.717) is 18.8 Å². The predicted molar refractivity (Wildman–Crippen MR) is 49.5 cm³/mol. The number of nitrogens with one attached hydrogen (secondary N) is 1. The number of H-pyrrole nitrogens is 1. The molecule has 16 heavy (non-hydrogen) atoms. The number of hydrogen-bond acceptors (Lipinski definition) is 4. The van der Waals surface area contributed by atoms with E-state index in [4.69, 9.17) is 5.73 Å². The average Bonchev–Trinajstić information content (AvgIpc) is 2.61. The van der Waals surface area contributed by atoms with Crippen molar-refractivity contribution >= 4 is 0 Å². The Morgan fingerprint density at radius 2 is 2.12 bits per heavy atom. The normalized spacial score (nSPS) is 12.0. The molecule has 0 saturated heterocycles. The molecule has 0 aliphatic heterocycles. The summed E-state index contributed by atoms with van der Waals surface area (Å²) >= 11 is 0. The van der Waals surface area contributed by atoms with Crippen molar-refractivity contribution < 1.29 is 17.9 Å². The van der Waals surface area contributed by atoms with Crippen molar-refractivity contribution in [3.05, 3.63) is 11.6 Å². The van der Waals surface area contributed by atoms with Crippen LogP contribution in [-0.4, -0.2) is 34.5 Å². The predicted octanol–water partition coefficient (Wildman–Crippen LogP) is 0.775. The summed E-state index contributed by atoms with van der Waals surface area (Å²) in [4.78, 5) is 3.95. The number of ether oxygens (including phenoxy) is 1. The van der Waals surface area contributed by atoms with Crippen LogP contribution in [0.15, 0.2) is 0 Å². The minimum atomic E-state index is -4.32. The summed E-state index contributed by atoms with van der Waals surface area (Å²) in [6.45, 7) is -0.991. The molecule has 0 radical (unpaired) electrons. The van der Waals surface area contributed by atoms with Gasteiger partial charge in [0.2, 0.25) is 0 Å². The Bertz CT molecular complexity index is 312. The zero-order chi connectivity index (χ0) is 12.0. The molecule has 0 amide bonds. The first-order valence-electron chi connectivity index (χ1n) is 4.76. The third-order valence-corrected chi connectivity index (χ3v) is 1.69. The molecule has 1 aromatic rings. The van der Waals surface area contributed by atoms with Crippen molar-refractivity contribution in [1.29, 1.82) is 0 Å². The first kappa shape index (κ1) is 12.9. The highest BCUT2D eigenvalue weighted by Gasteiger charge is 2.27. The largest absolute Gasteiger partial charge is 0.411 e. The van der Waals surface area contributed by atoms with E-state index >= 15 is 0 Å². The van der Waals surface area contributed by atoms with Gasteiger partial charge in [0.05, 0.1) is 0 Å². The van der Waals surface area contributed by atoms with Crippen LogP contribution in [0.2, 0.25) is 0 Å². The molecule has 0 saturated carbocycles. The van der Waals surface area contributed by atoms with Crippen molar-refractivity contribution in [3.8, 4) is 0 Å². The van der Waals surface area contributed by atoms with Crippen LogP contribution in [0.3, 0.4) is 0 Å². The minimum Gasteiger partial charge on any atom is -0.364 e. The fourth-order valence-electron chi connectivity index (χ4n) is 1.03. The summed E-state index contributed by atoms with van der Waals surface area (Å²) in [5.74, 6) is 0.826. The van der Waals surface area contributed by atoms with Crippen LogP contribution in [0.25, 0.3) is 0 Å². The summed E-state index contributed by atoms with van der Waals surface area (Å²) in [5, 5.41) is 6.32. The molecular formula is C8H13F3N4O. The Kier molecular flexibility index (Phi) is 4.69. The first-order valence-corrected chi connectivity index (χ1v) is 4.76. The minimum absolute atomic E-state index is 0.227. The van der Waals surface area contributed by atoms with Crippen LogP contribution in [-0.2, 0) is 17.8 Å². The van der Waals surface area contributed by atoms with Crippen molar-refractivity contribution in [1.82, 2.24) is 15.2 Å². The maximum Gasteiger partial charge on any atom is 0.411 e. The fourth-order valence-corrected chi connectivity index (χ4v) is 1.03. The molecule has 0 aromatic carbocycles. The van der Waals surface area contributed by atoms with Gasteiger partial charge in [-0.3, -0.25) is 5.10 Å². The van der Waals surface area contributed by atoms with Crippen LogP contribution in [0.4, 0.5) is 13.2 Å². The smallest absolute Gasteiger partial charge is 0.364 e. The molecule has 0 bridgehead atoms. The zero-order valence-corrected chi connectivity index (χ0v) is 8.55. The Morgan fingerprint density at radius 3 is 2.75 bits per heavy atom. The van der Waals surface area contributed by atoms with Gasteiger partial charge in [0.25, 0.3) is 0 Å². The summed E-state index contributed by atoms with van der Waals surface area (Å²) in [6, 6.07) is 0. The van der Waals surface area contributed by atoms with Crippen LogP contribution in [0.5, 0.6) is 0 Å². The number of aryl methyl sites for hydroxylation is 1. The lowest BCUT2D eigenvalue weighted by Gasteiger charge is -2.05. The molecule has 3 N–H and O–H groups in total. The van der Waals surface area contributed by atoms with Crippen LogP contribution in [0, 0.1) is 0 Å². The van der Waals surface area contributed by atoms with Gasteiger partial charge in [0.15, 0.2) is 11.6 Å². The van der Waals surface area contributed by atoms with Gasteiger partial charge in [-0.25, -0.2) is 4.98 Å². The third kappa shape index (κ3) is 5.08. The second-order valence-electron chi connectivity index (χ2n) is 3.20. The number of alkyl halides is 3. The molecule has 0 fully saturated rings. The molecule has 0 atom stereocenters. The van der Waals surface area contributed by atoms with E-state index < -0.39 is 12.8 Å². The maximum atomic E-state index is 11.7. The van der Waals surface area contributed by atoms with Crippen molar-refractivity contribution in [2.75, 3.05) is 13.2 Å². The summed E-state index contributed by atoms with van der Waals surface area (Å²) in [6.07, 6.45) is -2.98. The molecule has 1 heterocycles. The number of aromatic amines is 1. The number of halogens is 3. The molecule has 0 aliphatic carbocycles. The summed E-state index contributed by atoms with van der Waals surface area (Å²) in [5.41, 5.74) is 5.30. The molecule has 92 valence electrons. The number of aromatic nitrogens is 3. The van der Waals surface area contributed by atoms with Gasteiger partial charge in [-0.2, -0.15) is 18.3 Å². The van der Waals surface area contributed by atoms with E-state index in [9.17, 15) is 13.2 Å². The van der Waals surface area contributed by atoms with Crippen LogP contribution < -0.4 is 5.73 Å². The standard InChI is InChI=1S/C8H13F3N4O/c9-8(10,11)5-16-4-7-13-6(14-15-7)2-1-3-12/h1-5,12H2,(H,13,14,15). The lowest BCUT2D eigenvalue weighted by Crippen LogP contribution is -2.17. The van der Waals surface area contributed by atoms with Crippen molar-refractivity contribution in [2.45, 2.75) is 25.6 Å². The molecule has 1 aromatic heterocycles. The Hall–Kier alpha value is -1.15. The molecule has 1 rings (SSSR count). The van der Waals surface area contributed by atoms with Gasteiger partial charge < -0.3 is 10.5 Å². The molecule has 5 nitrogen and oxygen atoms in total. The van der Waals surface area contributed by atoms with E-state index in [0.717, 1.165) is 6.42 Å². The van der Waals surface area contributed by atoms with Gasteiger partial charge in [0, 0.05) is 6.42 Å². The second kappa shape index (κ2) is 5.80. The SMILES string of the molecule is NCCCc1n[nH]c(COCC(F)(F)F)n1. The summed E-state index contributed by atoms with van der Waals surface area (Å²) < 4.78 is 39.7. The van der Waals surface area contributed by atoms with Gasteiger partial charge in [-0.1, -0.05) is 0 Å². The monoisotopic (exact) mass is 238 g/mol. The lowest BCUT2D eigenvalue weighted by atomic mass is 10.3. The quantitative estimate of drug-likeness (QED) is 0.767. The van der Waals surface area contributed by atoms with E-state index in [-0.39, 0.29) is 12.4 Å². The van der Waals surface area contributed by atoms with Gasteiger partial charge in [0.1, 0.15) is 13.2 Å². The van der Waals surface area contributed by atoms with E-state index in [1.54, 1.807) is 0 Å². The van der Waals surface area contributed by atoms with Gasteiger partial charge in [-0.15, -0.1) is 0 Å².